The Balaban J connectivity index is 2.25. The van der Waals surface area contributed by atoms with Gasteiger partial charge >= 0.3 is 5.97 Å². The lowest BCUT2D eigenvalue weighted by atomic mass is 10.0. The minimum absolute atomic E-state index is 0.149. The van der Waals surface area contributed by atoms with E-state index < -0.39 is 35.9 Å². The fraction of sp³-hybridized carbons (Fsp3) is 0.609. The number of methoxy groups -OCH3 is 1. The van der Waals surface area contributed by atoms with Crippen LogP contribution in [0.1, 0.15) is 51.5 Å². The molecule has 32 heavy (non-hydrogen) atoms. The molecule has 1 aromatic rings. The summed E-state index contributed by atoms with van der Waals surface area (Å²) in [6, 6.07) is 5.22. The molecule has 2 aliphatic rings. The molecule has 0 aliphatic carbocycles. The molecule has 0 saturated heterocycles. The zero-order valence-electron chi connectivity index (χ0n) is 19.0. The second kappa shape index (κ2) is 13.3. The van der Waals surface area contributed by atoms with Gasteiger partial charge in [-0.05, 0) is 67.5 Å². The number of benzene rings is 1. The Labute approximate surface area is 194 Å². The lowest BCUT2D eigenvalue weighted by Gasteiger charge is -2.25. The van der Waals surface area contributed by atoms with Crippen LogP contribution in [-0.4, -0.2) is 49.6 Å². The van der Waals surface area contributed by atoms with Gasteiger partial charge in [-0.15, -0.1) is 0 Å². The number of carbonyl (C=O) groups excluding carboxylic acids is 3. The Morgan fingerprint density at radius 2 is 1.88 bits per heavy atom. The molecule has 2 heterocycles. The predicted octanol–water partition coefficient (Wildman–Crippen LogP) is 2.48. The van der Waals surface area contributed by atoms with Crippen molar-refractivity contribution in [3.05, 3.63) is 29.8 Å². The molecule has 0 fully saturated rings. The molecule has 3 N–H and O–H groups in total. The van der Waals surface area contributed by atoms with E-state index in [0.717, 1.165) is 30.6 Å². The zero-order chi connectivity index (χ0) is 23.5. The molecule has 9 heteroatoms. The number of carbonyl (C=O) groups is 3. The molecule has 0 unspecified atom stereocenters. The van der Waals surface area contributed by atoms with Gasteiger partial charge in [0.25, 0.3) is 0 Å². The van der Waals surface area contributed by atoms with Crippen LogP contribution < -0.4 is 20.2 Å². The van der Waals surface area contributed by atoms with Gasteiger partial charge in [0.15, 0.2) is 0 Å². The Kier molecular flexibility index (Phi) is 10.8. The lowest BCUT2D eigenvalue weighted by molar-refractivity contribution is -0.145. The van der Waals surface area contributed by atoms with Gasteiger partial charge in [0.1, 0.15) is 23.9 Å². The van der Waals surface area contributed by atoms with E-state index in [-0.39, 0.29) is 5.92 Å². The third-order valence-corrected chi connectivity index (χ3v) is 5.62. The average Bonchev–Trinajstić information content (AvgIpc) is 2.77. The molecule has 0 aromatic heterocycles. The van der Waals surface area contributed by atoms with Gasteiger partial charge in [0, 0.05) is 0 Å². The smallest absolute Gasteiger partial charge is 0.328 e. The van der Waals surface area contributed by atoms with E-state index >= 15 is 0 Å². The Morgan fingerprint density at radius 1 is 1.16 bits per heavy atom. The molecule has 0 spiro atoms. The van der Waals surface area contributed by atoms with Gasteiger partial charge in [-0.2, -0.15) is 0 Å². The van der Waals surface area contributed by atoms with E-state index in [9.17, 15) is 14.4 Å². The fourth-order valence-corrected chi connectivity index (χ4v) is 3.77. The number of rotatable bonds is 4. The molecule has 2 aliphatic heterocycles. The van der Waals surface area contributed by atoms with Crippen LogP contribution in [0.5, 0.6) is 5.75 Å². The van der Waals surface area contributed by atoms with Gasteiger partial charge in [-0.3, -0.25) is 9.59 Å². The normalized spacial score (nSPS) is 23.5. The number of nitrogens with one attached hydrogen (secondary N) is 3. The number of amides is 2. The quantitative estimate of drug-likeness (QED) is 0.464. The van der Waals surface area contributed by atoms with Crippen LogP contribution in [0.4, 0.5) is 0 Å². The highest BCUT2D eigenvalue weighted by Crippen LogP contribution is 2.16. The summed E-state index contributed by atoms with van der Waals surface area (Å²) in [7, 11) is 1.29. The monoisotopic (exact) mass is 467 g/mol. The summed E-state index contributed by atoms with van der Waals surface area (Å²) in [5, 5.41) is 5.56. The molecule has 1 aromatic carbocycles. The average molecular weight is 468 g/mol. The van der Waals surface area contributed by atoms with E-state index in [2.05, 4.69) is 15.5 Å². The molecule has 2 bridgehead atoms. The van der Waals surface area contributed by atoms with Gasteiger partial charge in [-0.25, -0.2) is 9.63 Å². The first kappa shape index (κ1) is 25.9. The summed E-state index contributed by atoms with van der Waals surface area (Å²) in [5.41, 5.74) is 0.905. The maximum absolute atomic E-state index is 13.0. The molecule has 178 valence electrons. The number of hydrogen-bond donors (Lipinski definition) is 3. The van der Waals surface area contributed by atoms with Crippen LogP contribution >= 0.6 is 11.8 Å². The third-order valence-electron chi connectivity index (χ3n) is 5.36. The topological polar surface area (TPSA) is 106 Å². The molecule has 3 rings (SSSR count). The van der Waals surface area contributed by atoms with E-state index in [1.165, 1.54) is 7.11 Å². The Hall–Kier alpha value is -2.32. The van der Waals surface area contributed by atoms with Crippen LogP contribution in [0.15, 0.2) is 24.3 Å². The largest absolute Gasteiger partial charge is 0.494 e. The minimum atomic E-state index is -0.795. The van der Waals surface area contributed by atoms with Crippen molar-refractivity contribution in [3.8, 4) is 5.75 Å². The highest BCUT2D eigenvalue weighted by Gasteiger charge is 2.29. The highest BCUT2D eigenvalue weighted by molar-refractivity contribution is 6.15. The Bertz CT molecular complexity index is 757. The standard InChI is InChI=1S/C23H34ClN3O5/c1-15(2)13-19-21(28)25-18(23(30)31-3)7-5-4-6-12-32-17-10-8-16(9-11-17)14-20(27-24)22(29)26-19/h8-11,15,18-20,27H,4-7,12-14H2,1-3H3,(H,25,28)(H,26,29)/t18-,19-,20-/m0/s1. The molecule has 8 nitrogen and oxygen atoms in total. The zero-order valence-corrected chi connectivity index (χ0v) is 19.7. The van der Waals surface area contributed by atoms with E-state index in [4.69, 9.17) is 21.3 Å². The van der Waals surface area contributed by atoms with Crippen LogP contribution in [0, 0.1) is 5.92 Å². The third kappa shape index (κ3) is 8.31. The van der Waals surface area contributed by atoms with Crippen molar-refractivity contribution in [1.29, 1.82) is 0 Å². The Morgan fingerprint density at radius 3 is 2.50 bits per heavy atom. The number of halogens is 1. The predicted molar refractivity (Wildman–Crippen MR) is 122 cm³/mol. The van der Waals surface area contributed by atoms with Crippen molar-refractivity contribution in [2.24, 2.45) is 5.92 Å². The number of hydrogen-bond acceptors (Lipinski definition) is 6. The van der Waals surface area contributed by atoms with Crippen molar-refractivity contribution in [1.82, 2.24) is 15.5 Å². The highest BCUT2D eigenvalue weighted by atomic mass is 35.5. The maximum atomic E-state index is 13.0. The van der Waals surface area contributed by atoms with Gasteiger partial charge < -0.3 is 20.1 Å². The number of ether oxygens (including phenoxy) is 2. The maximum Gasteiger partial charge on any atom is 0.328 e. The summed E-state index contributed by atoms with van der Waals surface area (Å²) in [6.45, 7) is 4.48. The van der Waals surface area contributed by atoms with Crippen LogP contribution in [0.2, 0.25) is 0 Å². The number of esters is 1. The summed E-state index contributed by atoms with van der Waals surface area (Å²) >= 11 is 5.86. The molecular formula is C23H34ClN3O5. The first-order valence-electron chi connectivity index (χ1n) is 11.1. The molecule has 0 saturated carbocycles. The van der Waals surface area contributed by atoms with Crippen molar-refractivity contribution < 1.29 is 23.9 Å². The molecular weight excluding hydrogens is 434 g/mol. The van der Waals surface area contributed by atoms with Gasteiger partial charge in [0.05, 0.1) is 13.7 Å². The first-order valence-corrected chi connectivity index (χ1v) is 11.5. The van der Waals surface area contributed by atoms with Gasteiger partial charge in [0.2, 0.25) is 11.8 Å². The summed E-state index contributed by atoms with van der Waals surface area (Å²) in [4.78, 5) is 40.6. The van der Waals surface area contributed by atoms with Gasteiger partial charge in [-0.1, -0.05) is 32.4 Å². The summed E-state index contributed by atoms with van der Waals surface area (Å²) < 4.78 is 10.6. The van der Waals surface area contributed by atoms with E-state index in [0.29, 0.717) is 25.9 Å². The lowest BCUT2D eigenvalue weighted by Crippen LogP contribution is -2.55. The van der Waals surface area contributed by atoms with Crippen LogP contribution in [0.25, 0.3) is 0 Å². The van der Waals surface area contributed by atoms with Crippen molar-refractivity contribution in [2.45, 2.75) is 70.5 Å². The summed E-state index contributed by atoms with van der Waals surface area (Å²) in [5.74, 6) is -0.401. The van der Waals surface area contributed by atoms with Crippen LogP contribution in [0.3, 0.4) is 0 Å². The SMILES string of the molecule is COC(=O)[C@@H]1CCCCCOc2ccc(cc2)C[C@H](NCl)C(=O)N[C@@H](CC(C)C)C(=O)N1. The molecule has 3 atom stereocenters. The minimum Gasteiger partial charge on any atom is -0.494 e. The van der Waals surface area contributed by atoms with E-state index in [1.54, 1.807) is 0 Å². The van der Waals surface area contributed by atoms with Crippen molar-refractivity contribution >= 4 is 29.6 Å². The molecule has 2 amide bonds. The second-order valence-corrected chi connectivity index (χ2v) is 8.70. The number of fused-ring (bicyclic) bond motifs is 15. The first-order chi connectivity index (χ1) is 15.3. The van der Waals surface area contributed by atoms with E-state index in [1.807, 2.05) is 38.1 Å². The van der Waals surface area contributed by atoms with Crippen LogP contribution in [-0.2, 0) is 25.5 Å². The van der Waals surface area contributed by atoms with Crippen molar-refractivity contribution in [2.75, 3.05) is 13.7 Å². The fourth-order valence-electron chi connectivity index (χ4n) is 3.59. The van der Waals surface area contributed by atoms with Crippen molar-refractivity contribution in [3.63, 3.8) is 0 Å². The summed E-state index contributed by atoms with van der Waals surface area (Å²) in [6.07, 6.45) is 3.61. The molecule has 0 radical (unpaired) electrons. The second-order valence-electron chi connectivity index (χ2n) is 8.48.